The molecule has 2 rings (SSSR count). The number of aryl methyl sites for hydroxylation is 1. The molecule has 0 fully saturated rings. The summed E-state index contributed by atoms with van der Waals surface area (Å²) in [5, 5.41) is 10.7. The number of halogens is 2. The molecule has 0 aliphatic heterocycles. The van der Waals surface area contributed by atoms with Crippen molar-refractivity contribution in [1.82, 2.24) is 9.97 Å². The Morgan fingerprint density at radius 1 is 1.40 bits per heavy atom. The summed E-state index contributed by atoms with van der Waals surface area (Å²) >= 11 is 0. The van der Waals surface area contributed by atoms with Gasteiger partial charge in [0.15, 0.2) is 0 Å². The fraction of sp³-hybridized carbons (Fsp3) is 0.167. The summed E-state index contributed by atoms with van der Waals surface area (Å²) in [4.78, 5) is 27.2. The monoisotopic (exact) mass is 281 g/mol. The third kappa shape index (κ3) is 2.40. The van der Waals surface area contributed by atoms with Crippen molar-refractivity contribution in [3.05, 3.63) is 56.0 Å². The van der Waals surface area contributed by atoms with Crippen LogP contribution in [0.15, 0.2) is 23.0 Å². The topological polar surface area (TPSA) is 88.9 Å². The SMILES string of the molecule is CCc1cc(=O)[nH]c(-c2c(F)ccc([N+](=O)[O-])c2F)n1. The second-order valence-corrected chi connectivity index (χ2v) is 3.95. The molecule has 6 nitrogen and oxygen atoms in total. The number of nitro benzene ring substituents is 1. The zero-order valence-electron chi connectivity index (χ0n) is 10.3. The largest absolute Gasteiger partial charge is 0.306 e. The van der Waals surface area contributed by atoms with E-state index in [2.05, 4.69) is 9.97 Å². The first kappa shape index (κ1) is 13.8. The molecule has 1 heterocycles. The van der Waals surface area contributed by atoms with Crippen LogP contribution in [0.1, 0.15) is 12.6 Å². The van der Waals surface area contributed by atoms with E-state index in [9.17, 15) is 23.7 Å². The van der Waals surface area contributed by atoms with Crippen LogP contribution >= 0.6 is 0 Å². The van der Waals surface area contributed by atoms with Crippen molar-refractivity contribution < 1.29 is 13.7 Å². The lowest BCUT2D eigenvalue weighted by Gasteiger charge is -2.06. The molecule has 2 aromatic rings. The molecule has 0 aliphatic carbocycles. The highest BCUT2D eigenvalue weighted by molar-refractivity contribution is 5.61. The Morgan fingerprint density at radius 3 is 2.70 bits per heavy atom. The van der Waals surface area contributed by atoms with Crippen molar-refractivity contribution in [3.8, 4) is 11.4 Å². The molecule has 20 heavy (non-hydrogen) atoms. The van der Waals surface area contributed by atoms with Gasteiger partial charge in [0, 0.05) is 17.8 Å². The van der Waals surface area contributed by atoms with E-state index in [1.807, 2.05) is 0 Å². The quantitative estimate of drug-likeness (QED) is 0.689. The fourth-order valence-electron chi connectivity index (χ4n) is 1.71. The number of hydrogen-bond acceptors (Lipinski definition) is 4. The molecule has 1 aromatic heterocycles. The number of hydrogen-bond donors (Lipinski definition) is 1. The zero-order valence-corrected chi connectivity index (χ0v) is 10.3. The van der Waals surface area contributed by atoms with Gasteiger partial charge in [0.1, 0.15) is 11.6 Å². The van der Waals surface area contributed by atoms with Gasteiger partial charge in [-0.3, -0.25) is 14.9 Å². The highest BCUT2D eigenvalue weighted by atomic mass is 19.1. The summed E-state index contributed by atoms with van der Waals surface area (Å²) in [5.41, 5.74) is -1.86. The molecule has 104 valence electrons. The van der Waals surface area contributed by atoms with Crippen molar-refractivity contribution in [2.75, 3.05) is 0 Å². The summed E-state index contributed by atoms with van der Waals surface area (Å²) in [7, 11) is 0. The smallest absolute Gasteiger partial charge is 0.305 e. The predicted molar refractivity (Wildman–Crippen MR) is 66.2 cm³/mol. The number of aromatic nitrogens is 2. The van der Waals surface area contributed by atoms with E-state index in [4.69, 9.17) is 0 Å². The van der Waals surface area contributed by atoms with E-state index < -0.39 is 33.4 Å². The normalized spacial score (nSPS) is 10.6. The maximum Gasteiger partial charge on any atom is 0.305 e. The number of nitro groups is 1. The van der Waals surface area contributed by atoms with Gasteiger partial charge in [0.25, 0.3) is 5.56 Å². The Hall–Kier alpha value is -2.64. The molecular weight excluding hydrogens is 272 g/mol. The van der Waals surface area contributed by atoms with E-state index >= 15 is 0 Å². The summed E-state index contributed by atoms with van der Waals surface area (Å²) in [6.45, 7) is 1.71. The molecule has 8 heteroatoms. The lowest BCUT2D eigenvalue weighted by Crippen LogP contribution is -2.11. The molecule has 0 saturated heterocycles. The molecule has 0 aliphatic rings. The standard InChI is InChI=1S/C12H9F2N3O3/c1-2-6-5-9(18)16-12(15-6)10-7(13)3-4-8(11(10)14)17(19)20/h3-5H,2H2,1H3,(H,15,16,18). The maximum absolute atomic E-state index is 14.0. The molecule has 0 bridgehead atoms. The van der Waals surface area contributed by atoms with Gasteiger partial charge in [-0.25, -0.2) is 9.37 Å². The highest BCUT2D eigenvalue weighted by Gasteiger charge is 2.24. The summed E-state index contributed by atoms with van der Waals surface area (Å²) < 4.78 is 27.7. The summed E-state index contributed by atoms with van der Waals surface area (Å²) in [5.74, 6) is -2.77. The molecule has 0 spiro atoms. The number of aromatic amines is 1. The second-order valence-electron chi connectivity index (χ2n) is 3.95. The van der Waals surface area contributed by atoms with Crippen LogP contribution in [0.25, 0.3) is 11.4 Å². The van der Waals surface area contributed by atoms with Crippen molar-refractivity contribution in [1.29, 1.82) is 0 Å². The molecule has 0 radical (unpaired) electrons. The Bertz CT molecular complexity index is 743. The van der Waals surface area contributed by atoms with Crippen molar-refractivity contribution in [2.24, 2.45) is 0 Å². The minimum Gasteiger partial charge on any atom is -0.306 e. The number of H-pyrrole nitrogens is 1. The number of nitrogens with one attached hydrogen (secondary N) is 1. The van der Waals surface area contributed by atoms with E-state index in [1.54, 1.807) is 6.92 Å². The molecular formula is C12H9F2N3O3. The predicted octanol–water partition coefficient (Wildman–Crippen LogP) is 2.19. The first-order chi connectivity index (χ1) is 9.43. The van der Waals surface area contributed by atoms with Crippen LogP contribution in [0.2, 0.25) is 0 Å². The maximum atomic E-state index is 14.0. The van der Waals surface area contributed by atoms with E-state index in [-0.39, 0.29) is 5.82 Å². The first-order valence-electron chi connectivity index (χ1n) is 5.67. The average molecular weight is 281 g/mol. The van der Waals surface area contributed by atoms with Gasteiger partial charge in [-0.2, -0.15) is 4.39 Å². The van der Waals surface area contributed by atoms with Crippen LogP contribution in [-0.2, 0) is 6.42 Å². The van der Waals surface area contributed by atoms with Crippen LogP contribution in [0, 0.1) is 21.7 Å². The third-order valence-corrected chi connectivity index (χ3v) is 2.66. The van der Waals surface area contributed by atoms with E-state index in [0.29, 0.717) is 12.1 Å². The van der Waals surface area contributed by atoms with Crippen LogP contribution < -0.4 is 5.56 Å². The van der Waals surface area contributed by atoms with Gasteiger partial charge >= 0.3 is 5.69 Å². The molecule has 0 amide bonds. The van der Waals surface area contributed by atoms with Crippen LogP contribution in [0.5, 0.6) is 0 Å². The number of benzene rings is 1. The molecule has 0 saturated carbocycles. The Kier molecular flexibility index (Phi) is 3.55. The van der Waals surface area contributed by atoms with Crippen molar-refractivity contribution in [2.45, 2.75) is 13.3 Å². The molecule has 0 atom stereocenters. The Balaban J connectivity index is 2.75. The van der Waals surface area contributed by atoms with Gasteiger partial charge in [0.05, 0.1) is 10.5 Å². The zero-order chi connectivity index (χ0) is 14.9. The van der Waals surface area contributed by atoms with Crippen LogP contribution in [0.3, 0.4) is 0 Å². The van der Waals surface area contributed by atoms with Crippen LogP contribution in [-0.4, -0.2) is 14.9 Å². The van der Waals surface area contributed by atoms with E-state index in [0.717, 1.165) is 12.1 Å². The van der Waals surface area contributed by atoms with Gasteiger partial charge in [0.2, 0.25) is 5.82 Å². The lowest BCUT2D eigenvalue weighted by atomic mass is 10.1. The number of rotatable bonds is 3. The molecule has 0 unspecified atom stereocenters. The van der Waals surface area contributed by atoms with Crippen LogP contribution in [0.4, 0.5) is 14.5 Å². The minimum absolute atomic E-state index is 0.328. The van der Waals surface area contributed by atoms with Gasteiger partial charge in [-0.15, -0.1) is 0 Å². The number of nitrogens with zero attached hydrogens (tertiary/aromatic N) is 2. The van der Waals surface area contributed by atoms with Gasteiger partial charge in [-0.1, -0.05) is 6.92 Å². The Labute approximate surface area is 111 Å². The highest BCUT2D eigenvalue weighted by Crippen LogP contribution is 2.29. The van der Waals surface area contributed by atoms with E-state index in [1.165, 1.54) is 6.07 Å². The summed E-state index contributed by atoms with van der Waals surface area (Å²) in [6.07, 6.45) is 0.384. The second kappa shape index (κ2) is 5.16. The molecule has 1 N–H and O–H groups in total. The van der Waals surface area contributed by atoms with Crippen molar-refractivity contribution in [3.63, 3.8) is 0 Å². The lowest BCUT2D eigenvalue weighted by molar-refractivity contribution is -0.387. The van der Waals surface area contributed by atoms with Crippen molar-refractivity contribution >= 4 is 5.69 Å². The Morgan fingerprint density at radius 2 is 2.10 bits per heavy atom. The van der Waals surface area contributed by atoms with Gasteiger partial charge in [-0.05, 0) is 12.5 Å². The summed E-state index contributed by atoms with van der Waals surface area (Å²) in [6, 6.07) is 2.67. The van der Waals surface area contributed by atoms with Gasteiger partial charge < -0.3 is 4.98 Å². The third-order valence-electron chi connectivity index (χ3n) is 2.66. The fourth-order valence-corrected chi connectivity index (χ4v) is 1.71. The minimum atomic E-state index is -1.37. The molecule has 1 aromatic carbocycles. The first-order valence-corrected chi connectivity index (χ1v) is 5.67. The average Bonchev–Trinajstić information content (AvgIpc) is 2.37.